The van der Waals surface area contributed by atoms with Crippen molar-refractivity contribution in [2.75, 3.05) is 0 Å². The minimum Gasteiger partial charge on any atom is -0.346 e. The summed E-state index contributed by atoms with van der Waals surface area (Å²) >= 11 is 0. The average molecular weight is 328 g/mol. The molecule has 0 aliphatic heterocycles. The maximum absolute atomic E-state index is 13.6. The molecule has 2 rings (SSSR count). The number of Topliss-reactive ketones (excluding diaryl/α,β-unsaturated/α-hetero) is 1. The smallest absolute Gasteiger partial charge is 0.270 e. The molecule has 0 aliphatic carbocycles. The van der Waals surface area contributed by atoms with Crippen molar-refractivity contribution in [3.8, 4) is 0 Å². The number of nitrogens with one attached hydrogen (secondary N) is 1. The summed E-state index contributed by atoms with van der Waals surface area (Å²) in [6, 6.07) is 9.51. The second-order valence-electron chi connectivity index (χ2n) is 6.74. The van der Waals surface area contributed by atoms with Crippen molar-refractivity contribution in [1.29, 1.82) is 0 Å². The summed E-state index contributed by atoms with van der Waals surface area (Å²) in [5.41, 5.74) is 0.962. The second kappa shape index (κ2) is 7.34. The minimum absolute atomic E-state index is 0.0263. The maximum atomic E-state index is 13.6. The van der Waals surface area contributed by atoms with Crippen molar-refractivity contribution in [1.82, 2.24) is 10.3 Å². The van der Waals surface area contributed by atoms with Gasteiger partial charge in [-0.1, -0.05) is 18.2 Å². The number of carbonyl (C=O) groups excluding carboxylic acids is 2. The van der Waals surface area contributed by atoms with E-state index in [0.29, 0.717) is 11.1 Å². The normalized spacial score (nSPS) is 11.2. The molecule has 5 heteroatoms. The number of hydrogen-bond acceptors (Lipinski definition) is 3. The Balaban J connectivity index is 2.05. The number of hydrogen-bond donors (Lipinski definition) is 1. The van der Waals surface area contributed by atoms with Crippen LogP contribution in [-0.2, 0) is 17.6 Å². The van der Waals surface area contributed by atoms with Crippen LogP contribution in [0.2, 0.25) is 0 Å². The molecule has 126 valence electrons. The fraction of sp³-hybridized carbons (Fsp3) is 0.316. The molecule has 1 amide bonds. The zero-order chi connectivity index (χ0) is 17.7. The highest BCUT2D eigenvalue weighted by atomic mass is 19.1. The van der Waals surface area contributed by atoms with Gasteiger partial charge in [0.1, 0.15) is 17.3 Å². The number of carbonyl (C=O) groups is 2. The van der Waals surface area contributed by atoms with E-state index in [4.69, 9.17) is 0 Å². The summed E-state index contributed by atoms with van der Waals surface area (Å²) in [6.45, 7) is 5.64. The number of benzene rings is 1. The first-order valence-corrected chi connectivity index (χ1v) is 7.77. The predicted octanol–water partition coefficient (Wildman–Crippen LogP) is 3.10. The number of halogens is 1. The fourth-order valence-corrected chi connectivity index (χ4v) is 2.26. The zero-order valence-electron chi connectivity index (χ0n) is 14.1. The molecule has 0 aliphatic rings. The van der Waals surface area contributed by atoms with Gasteiger partial charge in [-0.2, -0.15) is 0 Å². The Morgan fingerprint density at radius 2 is 1.83 bits per heavy atom. The Kier molecular flexibility index (Phi) is 5.44. The van der Waals surface area contributed by atoms with E-state index in [2.05, 4.69) is 10.3 Å². The largest absolute Gasteiger partial charge is 0.346 e. The molecular weight excluding hydrogens is 307 g/mol. The Hall–Kier alpha value is -2.56. The molecule has 4 nitrogen and oxygen atoms in total. The minimum atomic E-state index is -0.383. The molecule has 0 saturated heterocycles. The van der Waals surface area contributed by atoms with Gasteiger partial charge in [-0.05, 0) is 50.1 Å². The van der Waals surface area contributed by atoms with Crippen LogP contribution in [0.1, 0.15) is 42.4 Å². The Morgan fingerprint density at radius 3 is 2.50 bits per heavy atom. The summed E-state index contributed by atoms with van der Waals surface area (Å²) < 4.78 is 13.6. The summed E-state index contributed by atoms with van der Waals surface area (Å²) in [7, 11) is 0. The molecule has 24 heavy (non-hydrogen) atoms. The lowest BCUT2D eigenvalue weighted by molar-refractivity contribution is -0.117. The van der Waals surface area contributed by atoms with E-state index >= 15 is 0 Å². The molecule has 0 bridgehead atoms. The van der Waals surface area contributed by atoms with Gasteiger partial charge in [0.15, 0.2) is 0 Å². The number of rotatable bonds is 5. The lowest BCUT2D eigenvalue weighted by Gasteiger charge is -2.20. The van der Waals surface area contributed by atoms with E-state index in [9.17, 15) is 14.0 Å². The zero-order valence-corrected chi connectivity index (χ0v) is 14.1. The van der Waals surface area contributed by atoms with Crippen LogP contribution in [0.3, 0.4) is 0 Å². The first-order chi connectivity index (χ1) is 11.2. The molecule has 1 aromatic heterocycles. The summed E-state index contributed by atoms with van der Waals surface area (Å²) in [5, 5.41) is 2.83. The highest BCUT2D eigenvalue weighted by Crippen LogP contribution is 2.11. The molecule has 0 spiro atoms. The standard InChI is InChI=1S/C19H21FN2O2/c1-19(2,3)22-18(24)17-11-13(8-9-21-17)10-15(23)12-14-6-4-5-7-16(14)20/h4-9,11H,10,12H2,1-3H3,(H,22,24). The molecule has 1 aromatic carbocycles. The van der Waals surface area contributed by atoms with Crippen LogP contribution in [0.15, 0.2) is 42.6 Å². The molecular formula is C19H21FN2O2. The van der Waals surface area contributed by atoms with Gasteiger partial charge in [-0.15, -0.1) is 0 Å². The first-order valence-electron chi connectivity index (χ1n) is 7.77. The van der Waals surface area contributed by atoms with Gasteiger partial charge in [-0.3, -0.25) is 14.6 Å². The molecule has 0 unspecified atom stereocenters. The molecule has 2 aromatic rings. The molecule has 1 heterocycles. The van der Waals surface area contributed by atoms with Gasteiger partial charge in [-0.25, -0.2) is 4.39 Å². The van der Waals surface area contributed by atoms with E-state index in [1.807, 2.05) is 20.8 Å². The van der Waals surface area contributed by atoms with Gasteiger partial charge in [0.2, 0.25) is 0 Å². The number of aromatic nitrogens is 1. The van der Waals surface area contributed by atoms with Crippen LogP contribution in [-0.4, -0.2) is 22.2 Å². The third kappa shape index (κ3) is 5.26. The monoisotopic (exact) mass is 328 g/mol. The molecule has 0 fully saturated rings. The fourth-order valence-electron chi connectivity index (χ4n) is 2.26. The Bertz CT molecular complexity index is 751. The predicted molar refractivity (Wildman–Crippen MR) is 90.3 cm³/mol. The van der Waals surface area contributed by atoms with Crippen LogP contribution in [0.5, 0.6) is 0 Å². The highest BCUT2D eigenvalue weighted by molar-refractivity contribution is 5.93. The van der Waals surface area contributed by atoms with Crippen LogP contribution in [0.25, 0.3) is 0 Å². The highest BCUT2D eigenvalue weighted by Gasteiger charge is 2.17. The quantitative estimate of drug-likeness (QED) is 0.917. The SMILES string of the molecule is CC(C)(C)NC(=O)c1cc(CC(=O)Cc2ccccc2F)ccn1. The topological polar surface area (TPSA) is 59.1 Å². The summed E-state index contributed by atoms with van der Waals surface area (Å²) in [6.07, 6.45) is 1.66. The van der Waals surface area contributed by atoms with Crippen LogP contribution >= 0.6 is 0 Å². The summed E-state index contributed by atoms with van der Waals surface area (Å²) in [4.78, 5) is 28.3. The van der Waals surface area contributed by atoms with Crippen molar-refractivity contribution in [2.45, 2.75) is 39.2 Å². The van der Waals surface area contributed by atoms with Crippen LogP contribution in [0, 0.1) is 5.82 Å². The number of ketones is 1. The number of pyridine rings is 1. The van der Waals surface area contributed by atoms with E-state index in [-0.39, 0.29) is 41.6 Å². The van der Waals surface area contributed by atoms with E-state index in [0.717, 1.165) is 0 Å². The van der Waals surface area contributed by atoms with E-state index in [1.165, 1.54) is 12.3 Å². The van der Waals surface area contributed by atoms with Gasteiger partial charge in [0.25, 0.3) is 5.91 Å². The van der Waals surface area contributed by atoms with Crippen LogP contribution < -0.4 is 5.32 Å². The van der Waals surface area contributed by atoms with Crippen molar-refractivity contribution in [3.05, 3.63) is 65.2 Å². The van der Waals surface area contributed by atoms with Gasteiger partial charge < -0.3 is 5.32 Å². The van der Waals surface area contributed by atoms with E-state index < -0.39 is 0 Å². The third-order valence-corrected chi connectivity index (χ3v) is 3.29. The lowest BCUT2D eigenvalue weighted by Crippen LogP contribution is -2.40. The second-order valence-corrected chi connectivity index (χ2v) is 6.74. The molecule has 1 N–H and O–H groups in total. The first kappa shape index (κ1) is 17.8. The number of amides is 1. The van der Waals surface area contributed by atoms with Crippen LogP contribution in [0.4, 0.5) is 4.39 Å². The molecule has 0 radical (unpaired) electrons. The van der Waals surface area contributed by atoms with Gasteiger partial charge >= 0.3 is 0 Å². The average Bonchev–Trinajstić information content (AvgIpc) is 2.48. The van der Waals surface area contributed by atoms with Crippen molar-refractivity contribution >= 4 is 11.7 Å². The van der Waals surface area contributed by atoms with Crippen molar-refractivity contribution in [2.24, 2.45) is 0 Å². The third-order valence-electron chi connectivity index (χ3n) is 3.29. The van der Waals surface area contributed by atoms with Gasteiger partial charge in [0, 0.05) is 24.6 Å². The van der Waals surface area contributed by atoms with Gasteiger partial charge in [0.05, 0.1) is 0 Å². The maximum Gasteiger partial charge on any atom is 0.270 e. The summed E-state index contributed by atoms with van der Waals surface area (Å²) in [5.74, 6) is -0.787. The Labute approximate surface area is 141 Å². The molecule has 0 saturated carbocycles. The van der Waals surface area contributed by atoms with Crippen molar-refractivity contribution in [3.63, 3.8) is 0 Å². The van der Waals surface area contributed by atoms with Crippen molar-refractivity contribution < 1.29 is 14.0 Å². The van der Waals surface area contributed by atoms with E-state index in [1.54, 1.807) is 30.3 Å². The molecule has 0 atom stereocenters. The lowest BCUT2D eigenvalue weighted by atomic mass is 10.0. The Morgan fingerprint density at radius 1 is 1.12 bits per heavy atom. The number of nitrogens with zero attached hydrogens (tertiary/aromatic N) is 1.